The van der Waals surface area contributed by atoms with E-state index in [9.17, 15) is 14.9 Å². The Morgan fingerprint density at radius 3 is 2.74 bits per heavy atom. The summed E-state index contributed by atoms with van der Waals surface area (Å²) >= 11 is 0. The van der Waals surface area contributed by atoms with E-state index in [4.69, 9.17) is 9.72 Å². The zero-order valence-electron chi connectivity index (χ0n) is 21.1. The van der Waals surface area contributed by atoms with E-state index in [2.05, 4.69) is 20.7 Å². The fraction of sp³-hybridized carbons (Fsp3) is 0.407. The van der Waals surface area contributed by atoms with Gasteiger partial charge in [-0.25, -0.2) is 14.9 Å². The molecule has 0 spiro atoms. The van der Waals surface area contributed by atoms with Crippen LogP contribution in [0.5, 0.6) is 5.75 Å². The fourth-order valence-corrected chi connectivity index (χ4v) is 5.40. The lowest BCUT2D eigenvalue weighted by Gasteiger charge is -2.30. The number of amides is 1. The van der Waals surface area contributed by atoms with Crippen molar-refractivity contribution in [1.29, 1.82) is 0 Å². The number of fused-ring (bicyclic) bond motifs is 2. The third-order valence-electron chi connectivity index (χ3n) is 7.60. The van der Waals surface area contributed by atoms with Crippen LogP contribution in [0.3, 0.4) is 0 Å². The van der Waals surface area contributed by atoms with Gasteiger partial charge in [0.25, 0.3) is 0 Å². The summed E-state index contributed by atoms with van der Waals surface area (Å²) in [5, 5.41) is 32.5. The van der Waals surface area contributed by atoms with Crippen molar-refractivity contribution in [2.75, 3.05) is 18.4 Å². The standard InChI is InChI=1S/C27H31BN6O4/c35-21-6-8-22(9-7-21)38-24-3-1-2-19-15-30-27(33-25(19)24)32-20-5-4-18-16-31-34(28(37)23(18)14-20)26(36)17-10-12-29-13-11-17/h1-5,14-17,21-22,29,35,37H,6-13H2,(H,30,32,33)/t21-,22+. The smallest absolute Gasteiger partial charge is 0.474 e. The largest absolute Gasteiger partial charge is 0.488 e. The Morgan fingerprint density at radius 2 is 1.92 bits per heavy atom. The summed E-state index contributed by atoms with van der Waals surface area (Å²) in [6.07, 6.45) is 7.76. The van der Waals surface area contributed by atoms with E-state index < -0.39 is 7.05 Å². The van der Waals surface area contributed by atoms with Crippen LogP contribution >= 0.6 is 0 Å². The molecule has 196 valence electrons. The Labute approximate surface area is 221 Å². The van der Waals surface area contributed by atoms with E-state index in [1.807, 2.05) is 30.3 Å². The van der Waals surface area contributed by atoms with Crippen molar-refractivity contribution < 1.29 is 19.7 Å². The van der Waals surface area contributed by atoms with Gasteiger partial charge in [-0.2, -0.15) is 5.10 Å². The second-order valence-electron chi connectivity index (χ2n) is 10.2. The molecule has 2 aliphatic heterocycles. The predicted molar refractivity (Wildman–Crippen MR) is 146 cm³/mol. The zero-order valence-corrected chi connectivity index (χ0v) is 21.1. The second kappa shape index (κ2) is 10.7. The molecule has 38 heavy (non-hydrogen) atoms. The van der Waals surface area contributed by atoms with Crippen LogP contribution in [0, 0.1) is 5.92 Å². The maximum Gasteiger partial charge on any atom is 0.474 e. The number of aliphatic hydroxyl groups is 1. The zero-order chi connectivity index (χ0) is 26.1. The summed E-state index contributed by atoms with van der Waals surface area (Å²) < 4.78 is 6.28. The molecule has 3 aromatic rings. The van der Waals surface area contributed by atoms with Crippen molar-refractivity contribution in [3.05, 3.63) is 48.2 Å². The summed E-state index contributed by atoms with van der Waals surface area (Å²) in [5.74, 6) is 0.789. The molecule has 1 saturated carbocycles. The number of hydrazone groups is 1. The van der Waals surface area contributed by atoms with Gasteiger partial charge in [0.05, 0.1) is 18.4 Å². The molecular formula is C27H31BN6O4. The highest BCUT2D eigenvalue weighted by Crippen LogP contribution is 2.29. The third-order valence-corrected chi connectivity index (χ3v) is 7.60. The molecule has 0 unspecified atom stereocenters. The number of carbonyl (C=O) groups excluding carboxylic acids is 1. The van der Waals surface area contributed by atoms with Crippen LogP contribution in [-0.2, 0) is 4.79 Å². The minimum atomic E-state index is -1.16. The van der Waals surface area contributed by atoms with Crippen LogP contribution in [-0.4, -0.2) is 69.5 Å². The lowest BCUT2D eigenvalue weighted by Crippen LogP contribution is -2.54. The number of nitrogens with one attached hydrogen (secondary N) is 2. The number of nitrogens with zero attached hydrogens (tertiary/aromatic N) is 4. The van der Waals surface area contributed by atoms with Gasteiger partial charge in [-0.1, -0.05) is 18.2 Å². The highest BCUT2D eigenvalue weighted by molar-refractivity contribution is 6.67. The minimum absolute atomic E-state index is 0.0506. The Balaban J connectivity index is 1.21. The third kappa shape index (κ3) is 5.09. The molecule has 2 fully saturated rings. The van der Waals surface area contributed by atoms with Crippen molar-refractivity contribution in [2.45, 2.75) is 50.7 Å². The molecule has 0 radical (unpaired) electrons. The molecular weight excluding hydrogens is 483 g/mol. The van der Waals surface area contributed by atoms with Crippen LogP contribution in [0.2, 0.25) is 0 Å². The number of aliphatic hydroxyl groups excluding tert-OH is 1. The van der Waals surface area contributed by atoms with E-state index in [0.717, 1.165) is 62.6 Å². The van der Waals surface area contributed by atoms with Gasteiger partial charge in [-0.15, -0.1) is 0 Å². The number of anilines is 2. The summed E-state index contributed by atoms with van der Waals surface area (Å²) in [6.45, 7) is 1.58. The number of piperidine rings is 1. The molecule has 2 aromatic carbocycles. The summed E-state index contributed by atoms with van der Waals surface area (Å²) in [5.41, 5.74) is 2.74. The number of hydrogen-bond donors (Lipinski definition) is 4. The van der Waals surface area contributed by atoms with Crippen molar-refractivity contribution in [3.8, 4) is 5.75 Å². The topological polar surface area (TPSA) is 132 Å². The minimum Gasteiger partial charge on any atom is -0.488 e. The maximum absolute atomic E-state index is 13.0. The van der Waals surface area contributed by atoms with E-state index >= 15 is 0 Å². The molecule has 4 N–H and O–H groups in total. The second-order valence-corrected chi connectivity index (χ2v) is 10.2. The first-order chi connectivity index (χ1) is 18.5. The number of aromatic nitrogens is 2. The molecule has 1 aliphatic carbocycles. The van der Waals surface area contributed by atoms with Gasteiger partial charge < -0.3 is 25.5 Å². The van der Waals surface area contributed by atoms with E-state index in [-0.39, 0.29) is 24.0 Å². The van der Waals surface area contributed by atoms with Gasteiger partial charge in [0.15, 0.2) is 0 Å². The first kappa shape index (κ1) is 24.8. The first-order valence-electron chi connectivity index (χ1n) is 13.3. The SMILES string of the molecule is O=C(C1CCNCC1)N1N=Cc2ccc(Nc3ncc4cccc(O[C@H]5CC[C@@H](O)CC5)c4n3)cc2B1O. The van der Waals surface area contributed by atoms with Crippen LogP contribution in [0.25, 0.3) is 10.9 Å². The molecule has 1 aromatic heterocycles. The molecule has 1 amide bonds. The highest BCUT2D eigenvalue weighted by atomic mass is 16.5. The summed E-state index contributed by atoms with van der Waals surface area (Å²) in [6, 6.07) is 11.3. The van der Waals surface area contributed by atoms with Crippen LogP contribution in [0.1, 0.15) is 44.1 Å². The number of hydrogen-bond acceptors (Lipinski definition) is 9. The number of carbonyl (C=O) groups is 1. The van der Waals surface area contributed by atoms with Gasteiger partial charge in [0.2, 0.25) is 11.9 Å². The Hall–Kier alpha value is -3.54. The van der Waals surface area contributed by atoms with E-state index in [1.54, 1.807) is 18.5 Å². The Bertz CT molecular complexity index is 1360. The lowest BCUT2D eigenvalue weighted by molar-refractivity contribution is -0.132. The number of para-hydroxylation sites is 1. The van der Waals surface area contributed by atoms with Gasteiger partial charge in [-0.05, 0) is 80.8 Å². The molecule has 10 nitrogen and oxygen atoms in total. The average Bonchev–Trinajstić information content (AvgIpc) is 2.95. The van der Waals surface area contributed by atoms with Gasteiger partial charge in [0.1, 0.15) is 11.3 Å². The number of benzene rings is 2. The van der Waals surface area contributed by atoms with Crippen molar-refractivity contribution >= 4 is 47.2 Å². The van der Waals surface area contributed by atoms with Gasteiger partial charge >= 0.3 is 7.05 Å². The van der Waals surface area contributed by atoms with Crippen molar-refractivity contribution in [1.82, 2.24) is 20.2 Å². The molecule has 6 rings (SSSR count). The monoisotopic (exact) mass is 514 g/mol. The van der Waals surface area contributed by atoms with E-state index in [1.165, 1.54) is 4.92 Å². The van der Waals surface area contributed by atoms with E-state index in [0.29, 0.717) is 28.4 Å². The van der Waals surface area contributed by atoms with Crippen molar-refractivity contribution in [2.24, 2.45) is 11.0 Å². The van der Waals surface area contributed by atoms with Crippen molar-refractivity contribution in [3.63, 3.8) is 0 Å². The quantitative estimate of drug-likeness (QED) is 0.380. The molecule has 3 aliphatic rings. The molecule has 11 heteroatoms. The fourth-order valence-electron chi connectivity index (χ4n) is 5.40. The van der Waals surface area contributed by atoms with Crippen LogP contribution in [0.4, 0.5) is 11.6 Å². The molecule has 0 atom stereocenters. The number of ether oxygens (including phenoxy) is 1. The first-order valence-corrected chi connectivity index (χ1v) is 13.3. The average molecular weight is 514 g/mol. The summed E-state index contributed by atoms with van der Waals surface area (Å²) in [4.78, 5) is 23.4. The highest BCUT2D eigenvalue weighted by Gasteiger charge is 2.37. The summed E-state index contributed by atoms with van der Waals surface area (Å²) in [7, 11) is -1.16. The Morgan fingerprint density at radius 1 is 1.11 bits per heavy atom. The molecule has 1 saturated heterocycles. The number of rotatable bonds is 5. The molecule has 3 heterocycles. The lowest BCUT2D eigenvalue weighted by atomic mass is 9.69. The normalized spacial score (nSPS) is 21.8. The molecule has 0 bridgehead atoms. The maximum atomic E-state index is 13.0. The van der Waals surface area contributed by atoms with Crippen LogP contribution in [0.15, 0.2) is 47.7 Å². The van der Waals surface area contributed by atoms with Crippen LogP contribution < -0.4 is 20.8 Å². The van der Waals surface area contributed by atoms with Gasteiger partial charge in [0, 0.05) is 23.2 Å². The Kier molecular flexibility index (Phi) is 6.97. The predicted octanol–water partition coefficient (Wildman–Crippen LogP) is 1.92. The van der Waals surface area contributed by atoms with Gasteiger partial charge in [-0.3, -0.25) is 4.79 Å².